The second-order valence-corrected chi connectivity index (χ2v) is 8.77. The van der Waals surface area contributed by atoms with E-state index in [1.807, 2.05) is 25.3 Å². The lowest BCUT2D eigenvalue weighted by atomic mass is 10.0. The summed E-state index contributed by atoms with van der Waals surface area (Å²) in [6.45, 7) is 6.27. The van der Waals surface area contributed by atoms with Gasteiger partial charge in [-0.25, -0.2) is 14.4 Å². The van der Waals surface area contributed by atoms with Gasteiger partial charge in [0.15, 0.2) is 0 Å². The number of imidazole rings is 1. The summed E-state index contributed by atoms with van der Waals surface area (Å²) in [6.07, 6.45) is 9.85. The van der Waals surface area contributed by atoms with Crippen molar-refractivity contribution < 1.29 is 9.13 Å². The molecule has 0 radical (unpaired) electrons. The highest BCUT2D eigenvalue weighted by Gasteiger charge is 2.13. The third-order valence-electron chi connectivity index (χ3n) is 5.88. The number of aromatic amines is 1. The zero-order valence-electron chi connectivity index (χ0n) is 19.7. The zero-order valence-corrected chi connectivity index (χ0v) is 20.5. The van der Waals surface area contributed by atoms with Gasteiger partial charge < -0.3 is 15.0 Å². The normalized spacial score (nSPS) is 14.9. The molecule has 0 amide bonds. The minimum absolute atomic E-state index is 0.0601. The molecule has 2 aromatic carbocycles. The first kappa shape index (κ1) is 24.7. The maximum Gasteiger partial charge on any atom is 0.212 e. The minimum Gasteiger partial charge on any atom is -0.473 e. The molecule has 0 saturated carbocycles. The number of aliphatic imine (C=N–C) groups is 1. The van der Waals surface area contributed by atoms with Crippen LogP contribution in [0.3, 0.4) is 0 Å². The molecule has 0 bridgehead atoms. The molecule has 35 heavy (non-hydrogen) atoms. The van der Waals surface area contributed by atoms with Gasteiger partial charge in [-0.05, 0) is 56.0 Å². The van der Waals surface area contributed by atoms with Crippen LogP contribution >= 0.6 is 11.6 Å². The first-order valence-electron chi connectivity index (χ1n) is 11.5. The lowest BCUT2D eigenvalue weighted by Gasteiger charge is -2.25. The van der Waals surface area contributed by atoms with Crippen molar-refractivity contribution in [3.8, 4) is 0 Å². The van der Waals surface area contributed by atoms with Gasteiger partial charge in [-0.1, -0.05) is 41.5 Å². The van der Waals surface area contributed by atoms with Crippen molar-refractivity contribution in [1.29, 1.82) is 0 Å². The van der Waals surface area contributed by atoms with Crippen LogP contribution in [0.15, 0.2) is 77.2 Å². The van der Waals surface area contributed by atoms with Crippen LogP contribution in [0, 0.1) is 5.82 Å². The number of nitrogens with zero attached hydrogens (tertiary/aromatic N) is 3. The van der Waals surface area contributed by atoms with Crippen molar-refractivity contribution in [1.82, 2.24) is 14.9 Å². The SMILES string of the molecule is C=N/C(=C\C=C/CC1=CCN(Cc2nc3ccc(NC)cc3[nH]2)CC1)OCc1ccc(Cl)cc1F. The van der Waals surface area contributed by atoms with Gasteiger partial charge in [0, 0.05) is 36.4 Å². The average Bonchev–Trinajstić information content (AvgIpc) is 3.27. The summed E-state index contributed by atoms with van der Waals surface area (Å²) in [6, 6.07) is 10.6. The third-order valence-corrected chi connectivity index (χ3v) is 6.12. The number of ether oxygens (including phenoxy) is 1. The van der Waals surface area contributed by atoms with Gasteiger partial charge in [-0.3, -0.25) is 4.90 Å². The summed E-state index contributed by atoms with van der Waals surface area (Å²) in [7, 11) is 1.91. The van der Waals surface area contributed by atoms with Gasteiger partial charge in [0.1, 0.15) is 18.2 Å². The highest BCUT2D eigenvalue weighted by molar-refractivity contribution is 6.30. The lowest BCUT2D eigenvalue weighted by Crippen LogP contribution is -2.28. The number of aromatic nitrogens is 2. The number of fused-ring (bicyclic) bond motifs is 1. The van der Waals surface area contributed by atoms with Crippen LogP contribution < -0.4 is 5.32 Å². The smallest absolute Gasteiger partial charge is 0.212 e. The number of anilines is 1. The number of hydrogen-bond acceptors (Lipinski definition) is 5. The molecule has 0 spiro atoms. The topological polar surface area (TPSA) is 65.5 Å². The second-order valence-electron chi connectivity index (χ2n) is 8.33. The van der Waals surface area contributed by atoms with Crippen molar-refractivity contribution in [2.45, 2.75) is 26.0 Å². The van der Waals surface area contributed by atoms with Gasteiger partial charge in [-0.2, -0.15) is 0 Å². The molecule has 8 heteroatoms. The van der Waals surface area contributed by atoms with Crippen LogP contribution in [0.5, 0.6) is 0 Å². The summed E-state index contributed by atoms with van der Waals surface area (Å²) >= 11 is 5.78. The number of nitrogens with one attached hydrogen (secondary N) is 2. The van der Waals surface area contributed by atoms with Crippen LogP contribution in [0.25, 0.3) is 11.0 Å². The maximum absolute atomic E-state index is 13.9. The largest absolute Gasteiger partial charge is 0.473 e. The number of H-pyrrole nitrogens is 1. The number of halogens is 2. The van der Waals surface area contributed by atoms with Gasteiger partial charge in [0.2, 0.25) is 5.88 Å². The Morgan fingerprint density at radius 2 is 2.23 bits per heavy atom. The van der Waals surface area contributed by atoms with Crippen molar-refractivity contribution in [2.24, 2.45) is 4.99 Å². The highest BCUT2D eigenvalue weighted by Crippen LogP contribution is 2.20. The monoisotopic (exact) mass is 493 g/mol. The van der Waals surface area contributed by atoms with E-state index in [0.29, 0.717) is 16.5 Å². The molecule has 3 aromatic rings. The molecule has 0 aliphatic carbocycles. The summed E-state index contributed by atoms with van der Waals surface area (Å²) in [4.78, 5) is 14.4. The molecule has 1 aliphatic rings. The summed E-state index contributed by atoms with van der Waals surface area (Å²) in [5.74, 6) is 0.920. The van der Waals surface area contributed by atoms with E-state index < -0.39 is 5.82 Å². The first-order chi connectivity index (χ1) is 17.0. The Hall–Kier alpha value is -3.42. The van der Waals surface area contributed by atoms with Crippen molar-refractivity contribution >= 4 is 35.0 Å². The Labute approximate surface area is 209 Å². The Kier molecular flexibility index (Phi) is 8.34. The molecule has 4 rings (SSSR count). The van der Waals surface area contributed by atoms with Crippen LogP contribution in [0.2, 0.25) is 5.02 Å². The zero-order chi connectivity index (χ0) is 24.6. The van der Waals surface area contributed by atoms with Gasteiger partial charge in [-0.15, -0.1) is 0 Å². The van der Waals surface area contributed by atoms with Crippen LogP contribution in [-0.4, -0.2) is 41.7 Å². The fourth-order valence-electron chi connectivity index (χ4n) is 3.89. The molecule has 182 valence electrons. The van der Waals surface area contributed by atoms with Crippen molar-refractivity contribution in [2.75, 3.05) is 25.5 Å². The predicted octanol–water partition coefficient (Wildman–Crippen LogP) is 6.23. The van der Waals surface area contributed by atoms with E-state index in [9.17, 15) is 4.39 Å². The summed E-state index contributed by atoms with van der Waals surface area (Å²) < 4.78 is 19.4. The number of rotatable bonds is 10. The van der Waals surface area contributed by atoms with E-state index in [2.05, 4.69) is 45.1 Å². The van der Waals surface area contributed by atoms with Crippen LogP contribution in [0.1, 0.15) is 24.2 Å². The van der Waals surface area contributed by atoms with E-state index in [1.165, 1.54) is 11.6 Å². The molecule has 1 aromatic heterocycles. The van der Waals surface area contributed by atoms with Gasteiger partial charge in [0.05, 0.1) is 17.6 Å². The molecular weight excluding hydrogens is 465 g/mol. The Morgan fingerprint density at radius 3 is 2.97 bits per heavy atom. The third kappa shape index (κ3) is 6.81. The number of benzene rings is 2. The quantitative estimate of drug-likeness (QED) is 0.152. The molecule has 0 unspecified atom stereocenters. The fraction of sp³-hybridized carbons (Fsp3) is 0.259. The molecule has 0 saturated heterocycles. The molecule has 2 N–H and O–H groups in total. The molecule has 1 aliphatic heterocycles. The number of allylic oxidation sites excluding steroid dienone is 3. The van der Waals surface area contributed by atoms with Crippen molar-refractivity contribution in [3.05, 3.63) is 94.4 Å². The van der Waals surface area contributed by atoms with E-state index in [-0.39, 0.29) is 6.61 Å². The predicted molar refractivity (Wildman–Crippen MR) is 141 cm³/mol. The van der Waals surface area contributed by atoms with Crippen LogP contribution in [-0.2, 0) is 17.9 Å². The maximum atomic E-state index is 13.9. The van der Waals surface area contributed by atoms with E-state index in [4.69, 9.17) is 21.3 Å². The Balaban J connectivity index is 1.25. The van der Waals surface area contributed by atoms with E-state index in [1.54, 1.807) is 18.2 Å². The minimum atomic E-state index is -0.405. The van der Waals surface area contributed by atoms with Crippen molar-refractivity contribution in [3.63, 3.8) is 0 Å². The van der Waals surface area contributed by atoms with Gasteiger partial charge >= 0.3 is 0 Å². The molecule has 0 atom stereocenters. The highest BCUT2D eigenvalue weighted by atomic mass is 35.5. The lowest BCUT2D eigenvalue weighted by molar-refractivity contribution is 0.194. The summed E-state index contributed by atoms with van der Waals surface area (Å²) in [5.41, 5.74) is 4.91. The Bertz CT molecular complexity index is 1280. The van der Waals surface area contributed by atoms with Gasteiger partial charge in [0.25, 0.3) is 0 Å². The Morgan fingerprint density at radius 1 is 1.34 bits per heavy atom. The van der Waals surface area contributed by atoms with E-state index in [0.717, 1.165) is 55.0 Å². The molecular formula is C27H29ClFN5O. The second kappa shape index (κ2) is 11.8. The standard InChI is InChI=1S/C27H29ClFN5O/c1-30-22-9-10-24-25(16-22)33-26(32-24)17-34-13-11-19(12-14-34)5-3-4-6-27(31-2)35-18-20-7-8-21(28)15-23(20)29/h3-4,6-11,15-16,30H,2,5,12-14,17-18H2,1H3,(H,32,33)/b4-3-,27-6+. The molecule has 2 heterocycles. The number of hydrogen-bond donors (Lipinski definition) is 2. The summed E-state index contributed by atoms with van der Waals surface area (Å²) in [5, 5.41) is 3.51. The first-order valence-corrected chi connectivity index (χ1v) is 11.9. The average molecular weight is 494 g/mol. The van der Waals surface area contributed by atoms with Crippen LogP contribution in [0.4, 0.5) is 10.1 Å². The fourth-order valence-corrected chi connectivity index (χ4v) is 4.05. The molecule has 0 fully saturated rings. The van der Waals surface area contributed by atoms with E-state index >= 15 is 0 Å². The molecule has 6 nitrogen and oxygen atoms in total.